The summed E-state index contributed by atoms with van der Waals surface area (Å²) in [6, 6.07) is 7.36. The van der Waals surface area contributed by atoms with Crippen LogP contribution in [-0.4, -0.2) is 52.4 Å². The van der Waals surface area contributed by atoms with Gasteiger partial charge in [0.15, 0.2) is 22.9 Å². The Morgan fingerprint density at radius 2 is 1.79 bits per heavy atom. The van der Waals surface area contributed by atoms with Crippen molar-refractivity contribution in [3.63, 3.8) is 0 Å². The molecule has 170 valence electrons. The Labute approximate surface area is 190 Å². The Hall–Kier alpha value is -3.73. The SMILES string of the molecule is COc1cccc(OC)c1-n1c(-c2cncc(C)c2)nc2ncc(NS(=O)(=O)C3CC3)nc21. The second kappa shape index (κ2) is 8.00. The highest BCUT2D eigenvalue weighted by atomic mass is 32.2. The molecule has 1 saturated carbocycles. The van der Waals surface area contributed by atoms with Gasteiger partial charge in [0.2, 0.25) is 10.0 Å². The normalized spacial score (nSPS) is 13.8. The van der Waals surface area contributed by atoms with Gasteiger partial charge in [0.25, 0.3) is 0 Å². The maximum absolute atomic E-state index is 12.5. The van der Waals surface area contributed by atoms with Gasteiger partial charge in [0.05, 0.1) is 25.7 Å². The number of rotatable bonds is 7. The molecule has 0 amide bonds. The first kappa shape index (κ1) is 21.1. The van der Waals surface area contributed by atoms with E-state index in [0.717, 1.165) is 11.1 Å². The highest BCUT2D eigenvalue weighted by Crippen LogP contribution is 2.38. The Morgan fingerprint density at radius 1 is 1.06 bits per heavy atom. The van der Waals surface area contributed by atoms with Crippen molar-refractivity contribution in [3.05, 3.63) is 48.4 Å². The molecule has 0 unspecified atom stereocenters. The quantitative estimate of drug-likeness (QED) is 0.441. The molecular formula is C22H22N6O4S. The predicted octanol–water partition coefficient (Wildman–Crippen LogP) is 3.11. The number of methoxy groups -OCH3 is 2. The van der Waals surface area contributed by atoms with E-state index in [1.807, 2.05) is 19.1 Å². The number of imidazole rings is 1. The Morgan fingerprint density at radius 3 is 2.42 bits per heavy atom. The smallest absolute Gasteiger partial charge is 0.236 e. The molecule has 0 aliphatic heterocycles. The summed E-state index contributed by atoms with van der Waals surface area (Å²) in [5, 5.41) is -0.386. The van der Waals surface area contributed by atoms with Crippen molar-refractivity contribution in [1.82, 2.24) is 24.5 Å². The third kappa shape index (κ3) is 3.84. The summed E-state index contributed by atoms with van der Waals surface area (Å²) in [6.07, 6.45) is 6.11. The van der Waals surface area contributed by atoms with E-state index in [-0.39, 0.29) is 11.1 Å². The number of benzene rings is 1. The summed E-state index contributed by atoms with van der Waals surface area (Å²) >= 11 is 0. The lowest BCUT2D eigenvalue weighted by Gasteiger charge is -2.16. The molecule has 1 aliphatic carbocycles. The van der Waals surface area contributed by atoms with Gasteiger partial charge in [-0.05, 0) is 43.5 Å². The minimum absolute atomic E-state index is 0.123. The van der Waals surface area contributed by atoms with Crippen LogP contribution in [0.15, 0.2) is 42.9 Å². The Kier molecular flexibility index (Phi) is 5.12. The highest BCUT2D eigenvalue weighted by Gasteiger charge is 2.36. The molecule has 11 heteroatoms. The van der Waals surface area contributed by atoms with E-state index in [4.69, 9.17) is 14.5 Å². The van der Waals surface area contributed by atoms with Gasteiger partial charge in [0, 0.05) is 18.0 Å². The molecule has 0 saturated heterocycles. The summed E-state index contributed by atoms with van der Waals surface area (Å²) in [4.78, 5) is 18.0. The van der Waals surface area contributed by atoms with Crippen molar-refractivity contribution in [3.8, 4) is 28.6 Å². The van der Waals surface area contributed by atoms with Gasteiger partial charge in [-0.15, -0.1) is 0 Å². The van der Waals surface area contributed by atoms with Crippen LogP contribution in [0.25, 0.3) is 28.4 Å². The Bertz CT molecular complexity index is 1440. The van der Waals surface area contributed by atoms with Gasteiger partial charge in [-0.25, -0.2) is 23.4 Å². The standard InChI is InChI=1S/C22H22N6O4S/c1-13-9-14(11-23-10-13)21-26-20-22(25-18(12-24-20)27-33(29,30)15-7-8-15)28(21)19-16(31-2)5-4-6-17(19)32-3/h4-6,9-12,15H,7-8H2,1-3H3,(H,25,27). The average Bonchev–Trinajstić information content (AvgIpc) is 3.60. The fourth-order valence-corrected chi connectivity index (χ4v) is 4.96. The van der Waals surface area contributed by atoms with Gasteiger partial charge in [-0.2, -0.15) is 0 Å². The molecule has 0 radical (unpaired) electrons. The minimum atomic E-state index is -3.50. The lowest BCUT2D eigenvalue weighted by atomic mass is 10.2. The highest BCUT2D eigenvalue weighted by molar-refractivity contribution is 7.93. The van der Waals surface area contributed by atoms with Gasteiger partial charge >= 0.3 is 0 Å². The molecule has 1 aromatic carbocycles. The van der Waals surface area contributed by atoms with Crippen LogP contribution in [0.4, 0.5) is 5.82 Å². The summed E-state index contributed by atoms with van der Waals surface area (Å²) in [6.45, 7) is 1.94. The van der Waals surface area contributed by atoms with Crippen molar-refractivity contribution < 1.29 is 17.9 Å². The number of sulfonamides is 1. The first-order chi connectivity index (χ1) is 15.9. The molecule has 1 N–H and O–H groups in total. The molecule has 0 atom stereocenters. The lowest BCUT2D eigenvalue weighted by Crippen LogP contribution is -2.18. The molecule has 4 aromatic rings. The van der Waals surface area contributed by atoms with E-state index < -0.39 is 10.0 Å². The number of fused-ring (bicyclic) bond motifs is 1. The zero-order valence-electron chi connectivity index (χ0n) is 18.3. The van der Waals surface area contributed by atoms with Crippen molar-refractivity contribution in [2.24, 2.45) is 0 Å². The molecule has 0 spiro atoms. The summed E-state index contributed by atoms with van der Waals surface area (Å²) in [5.74, 6) is 1.70. The molecule has 1 aliphatic rings. The van der Waals surface area contributed by atoms with E-state index in [0.29, 0.717) is 47.1 Å². The maximum atomic E-state index is 12.5. The first-order valence-electron chi connectivity index (χ1n) is 10.3. The molecule has 3 aromatic heterocycles. The summed E-state index contributed by atoms with van der Waals surface area (Å²) in [7, 11) is -0.381. The molecule has 1 fully saturated rings. The fraction of sp³-hybridized carbons (Fsp3) is 0.273. The number of aryl methyl sites for hydroxylation is 1. The van der Waals surface area contributed by atoms with Gasteiger partial charge in [0.1, 0.15) is 17.2 Å². The van der Waals surface area contributed by atoms with Gasteiger partial charge in [-0.1, -0.05) is 6.07 Å². The predicted molar refractivity (Wildman–Crippen MR) is 123 cm³/mol. The number of hydrogen-bond acceptors (Lipinski definition) is 8. The molecule has 10 nitrogen and oxygen atoms in total. The molecule has 33 heavy (non-hydrogen) atoms. The summed E-state index contributed by atoms with van der Waals surface area (Å²) in [5.41, 5.74) is 2.96. The number of nitrogens with one attached hydrogen (secondary N) is 1. The van der Waals surface area contributed by atoms with E-state index >= 15 is 0 Å². The van der Waals surface area contributed by atoms with Crippen LogP contribution < -0.4 is 14.2 Å². The molecule has 5 rings (SSSR count). The van der Waals surface area contributed by atoms with E-state index in [1.165, 1.54) is 6.20 Å². The maximum Gasteiger partial charge on any atom is 0.236 e. The van der Waals surface area contributed by atoms with Crippen LogP contribution >= 0.6 is 0 Å². The fourth-order valence-electron chi connectivity index (χ4n) is 3.64. The lowest BCUT2D eigenvalue weighted by molar-refractivity contribution is 0.391. The third-order valence-electron chi connectivity index (χ3n) is 5.34. The number of nitrogens with zero attached hydrogens (tertiary/aromatic N) is 5. The number of anilines is 1. The molecule has 3 heterocycles. The number of aromatic nitrogens is 5. The van der Waals surface area contributed by atoms with Crippen LogP contribution in [0.3, 0.4) is 0 Å². The zero-order valence-corrected chi connectivity index (χ0v) is 19.1. The number of para-hydroxylation sites is 1. The summed E-state index contributed by atoms with van der Waals surface area (Å²) < 4.78 is 40.5. The van der Waals surface area contributed by atoms with Crippen LogP contribution in [-0.2, 0) is 10.0 Å². The second-order valence-electron chi connectivity index (χ2n) is 7.78. The number of ether oxygens (including phenoxy) is 2. The number of hydrogen-bond donors (Lipinski definition) is 1. The molecule has 0 bridgehead atoms. The van der Waals surface area contributed by atoms with Crippen molar-refractivity contribution in [2.75, 3.05) is 18.9 Å². The van der Waals surface area contributed by atoms with Crippen LogP contribution in [0, 0.1) is 6.92 Å². The van der Waals surface area contributed by atoms with Crippen molar-refractivity contribution >= 4 is 27.1 Å². The van der Waals surface area contributed by atoms with Crippen LogP contribution in [0.5, 0.6) is 11.5 Å². The topological polar surface area (TPSA) is 121 Å². The third-order valence-corrected chi connectivity index (χ3v) is 7.18. The number of pyridine rings is 1. The van der Waals surface area contributed by atoms with Gasteiger partial charge in [-0.3, -0.25) is 14.3 Å². The minimum Gasteiger partial charge on any atom is -0.494 e. The van der Waals surface area contributed by atoms with E-state index in [2.05, 4.69) is 19.7 Å². The largest absolute Gasteiger partial charge is 0.494 e. The van der Waals surface area contributed by atoms with Crippen molar-refractivity contribution in [2.45, 2.75) is 25.0 Å². The monoisotopic (exact) mass is 466 g/mol. The Balaban J connectivity index is 1.79. The van der Waals surface area contributed by atoms with Crippen LogP contribution in [0.2, 0.25) is 0 Å². The van der Waals surface area contributed by atoms with Crippen LogP contribution in [0.1, 0.15) is 18.4 Å². The van der Waals surface area contributed by atoms with E-state index in [9.17, 15) is 8.42 Å². The molecular weight excluding hydrogens is 444 g/mol. The average molecular weight is 467 g/mol. The van der Waals surface area contributed by atoms with E-state index in [1.54, 1.807) is 43.3 Å². The first-order valence-corrected chi connectivity index (χ1v) is 11.9. The van der Waals surface area contributed by atoms with Gasteiger partial charge < -0.3 is 9.47 Å². The van der Waals surface area contributed by atoms with Crippen molar-refractivity contribution in [1.29, 1.82) is 0 Å². The second-order valence-corrected chi connectivity index (χ2v) is 9.74. The zero-order chi connectivity index (χ0) is 23.2.